The number of benzene rings is 2. The summed E-state index contributed by atoms with van der Waals surface area (Å²) in [5.41, 5.74) is 1.88. The summed E-state index contributed by atoms with van der Waals surface area (Å²) < 4.78 is 13.2. The van der Waals surface area contributed by atoms with Crippen molar-refractivity contribution in [3.63, 3.8) is 0 Å². The first kappa shape index (κ1) is 11.7. The van der Waals surface area contributed by atoms with Crippen LogP contribution in [0.2, 0.25) is 0 Å². The van der Waals surface area contributed by atoms with Crippen LogP contribution in [0.3, 0.4) is 0 Å². The standard InChI is InChI=1S/C12H11F.C2H6/c1-8-4-3-5-10-6-7-11(13)9(2)12(8)10;1-2/h3-7H,1-2H3;1-2H3. The third-order valence-corrected chi connectivity index (χ3v) is 2.45. The Bertz CT molecular complexity index is 458. The molecule has 0 amide bonds. The van der Waals surface area contributed by atoms with Gasteiger partial charge in [-0.3, -0.25) is 0 Å². The van der Waals surface area contributed by atoms with Crippen molar-refractivity contribution in [1.29, 1.82) is 0 Å². The molecule has 1 heteroatoms. The van der Waals surface area contributed by atoms with E-state index < -0.39 is 0 Å². The molecule has 0 saturated heterocycles. The van der Waals surface area contributed by atoms with Crippen molar-refractivity contribution in [2.24, 2.45) is 0 Å². The molecule has 2 rings (SSSR count). The lowest BCUT2D eigenvalue weighted by Gasteiger charge is -2.05. The van der Waals surface area contributed by atoms with Crippen molar-refractivity contribution in [1.82, 2.24) is 0 Å². The van der Waals surface area contributed by atoms with Crippen molar-refractivity contribution >= 4 is 10.8 Å². The Morgan fingerprint density at radius 2 is 1.60 bits per heavy atom. The number of aryl methyl sites for hydroxylation is 2. The zero-order valence-corrected chi connectivity index (χ0v) is 9.76. The summed E-state index contributed by atoms with van der Waals surface area (Å²) >= 11 is 0. The van der Waals surface area contributed by atoms with Crippen molar-refractivity contribution in [2.75, 3.05) is 0 Å². The minimum atomic E-state index is -0.123. The van der Waals surface area contributed by atoms with E-state index in [0.29, 0.717) is 0 Å². The lowest BCUT2D eigenvalue weighted by molar-refractivity contribution is 0.621. The Morgan fingerprint density at radius 1 is 0.933 bits per heavy atom. The van der Waals surface area contributed by atoms with Gasteiger partial charge in [-0.05, 0) is 41.8 Å². The van der Waals surface area contributed by atoms with Crippen LogP contribution in [0.4, 0.5) is 4.39 Å². The fraction of sp³-hybridized carbons (Fsp3) is 0.286. The van der Waals surface area contributed by atoms with Crippen LogP contribution in [0.1, 0.15) is 25.0 Å². The molecule has 0 N–H and O–H groups in total. The maximum Gasteiger partial charge on any atom is 0.126 e. The van der Waals surface area contributed by atoms with Gasteiger partial charge in [0.15, 0.2) is 0 Å². The minimum Gasteiger partial charge on any atom is -0.207 e. The lowest BCUT2D eigenvalue weighted by Crippen LogP contribution is -1.87. The van der Waals surface area contributed by atoms with Gasteiger partial charge in [-0.25, -0.2) is 4.39 Å². The van der Waals surface area contributed by atoms with Gasteiger partial charge < -0.3 is 0 Å². The fourth-order valence-electron chi connectivity index (χ4n) is 1.75. The van der Waals surface area contributed by atoms with E-state index >= 15 is 0 Å². The molecule has 0 aromatic heterocycles. The lowest BCUT2D eigenvalue weighted by atomic mass is 10.0. The first-order valence-electron chi connectivity index (χ1n) is 5.34. The second kappa shape index (κ2) is 4.92. The molecule has 0 bridgehead atoms. The molecule has 80 valence electrons. The maximum atomic E-state index is 13.2. The number of halogens is 1. The van der Waals surface area contributed by atoms with E-state index in [1.807, 2.05) is 52.0 Å². The summed E-state index contributed by atoms with van der Waals surface area (Å²) in [5.74, 6) is -0.123. The Hall–Kier alpha value is -1.37. The first-order valence-corrected chi connectivity index (χ1v) is 5.34. The van der Waals surface area contributed by atoms with Crippen molar-refractivity contribution in [2.45, 2.75) is 27.7 Å². The molecule has 0 radical (unpaired) electrons. The van der Waals surface area contributed by atoms with Crippen molar-refractivity contribution < 1.29 is 4.39 Å². The van der Waals surface area contributed by atoms with Crippen LogP contribution in [0.5, 0.6) is 0 Å². The highest BCUT2D eigenvalue weighted by atomic mass is 19.1. The normalized spacial score (nSPS) is 9.67. The predicted octanol–water partition coefficient (Wildman–Crippen LogP) is 4.62. The molecule has 2 aromatic rings. The highest BCUT2D eigenvalue weighted by Crippen LogP contribution is 2.23. The third-order valence-electron chi connectivity index (χ3n) is 2.45. The predicted molar refractivity (Wildman–Crippen MR) is 64.7 cm³/mol. The molecule has 0 aliphatic rings. The smallest absolute Gasteiger partial charge is 0.126 e. The van der Waals surface area contributed by atoms with Crippen LogP contribution < -0.4 is 0 Å². The second-order valence-corrected chi connectivity index (χ2v) is 3.35. The van der Waals surface area contributed by atoms with Crippen LogP contribution in [0, 0.1) is 19.7 Å². The van der Waals surface area contributed by atoms with E-state index in [0.717, 1.165) is 21.9 Å². The van der Waals surface area contributed by atoms with Gasteiger partial charge in [0, 0.05) is 0 Å². The van der Waals surface area contributed by atoms with Gasteiger partial charge in [-0.1, -0.05) is 38.1 Å². The molecular formula is C14H17F. The molecule has 0 heterocycles. The average Bonchev–Trinajstić information content (AvgIpc) is 2.26. The van der Waals surface area contributed by atoms with Crippen molar-refractivity contribution in [3.8, 4) is 0 Å². The monoisotopic (exact) mass is 204 g/mol. The van der Waals surface area contributed by atoms with Gasteiger partial charge in [-0.2, -0.15) is 0 Å². The van der Waals surface area contributed by atoms with E-state index in [2.05, 4.69) is 0 Å². The van der Waals surface area contributed by atoms with Crippen LogP contribution in [0.15, 0.2) is 30.3 Å². The van der Waals surface area contributed by atoms with Crippen LogP contribution in [-0.2, 0) is 0 Å². The molecule has 0 fully saturated rings. The van der Waals surface area contributed by atoms with Gasteiger partial charge in [0.1, 0.15) is 5.82 Å². The van der Waals surface area contributed by atoms with E-state index in [1.54, 1.807) is 0 Å². The van der Waals surface area contributed by atoms with Gasteiger partial charge in [0.2, 0.25) is 0 Å². The summed E-state index contributed by atoms with van der Waals surface area (Å²) in [7, 11) is 0. The first-order chi connectivity index (χ1) is 7.20. The van der Waals surface area contributed by atoms with Gasteiger partial charge in [0.25, 0.3) is 0 Å². The van der Waals surface area contributed by atoms with Crippen molar-refractivity contribution in [3.05, 3.63) is 47.3 Å². The largest absolute Gasteiger partial charge is 0.207 e. The van der Waals surface area contributed by atoms with Gasteiger partial charge in [0.05, 0.1) is 0 Å². The Labute approximate surface area is 90.7 Å². The summed E-state index contributed by atoms with van der Waals surface area (Å²) in [6.45, 7) is 7.83. The minimum absolute atomic E-state index is 0.123. The second-order valence-electron chi connectivity index (χ2n) is 3.35. The summed E-state index contributed by atoms with van der Waals surface area (Å²) in [4.78, 5) is 0. The summed E-state index contributed by atoms with van der Waals surface area (Å²) in [6.07, 6.45) is 0. The topological polar surface area (TPSA) is 0 Å². The molecule has 0 unspecified atom stereocenters. The molecule has 0 nitrogen and oxygen atoms in total. The number of rotatable bonds is 0. The Morgan fingerprint density at radius 3 is 2.27 bits per heavy atom. The molecule has 0 atom stereocenters. The SMILES string of the molecule is CC.Cc1cccc2ccc(F)c(C)c12. The highest BCUT2D eigenvalue weighted by Gasteiger charge is 2.03. The quantitative estimate of drug-likeness (QED) is 0.587. The van der Waals surface area contributed by atoms with E-state index in [4.69, 9.17) is 0 Å². The summed E-state index contributed by atoms with van der Waals surface area (Å²) in [5, 5.41) is 2.15. The average molecular weight is 204 g/mol. The van der Waals surface area contributed by atoms with Crippen LogP contribution >= 0.6 is 0 Å². The summed E-state index contributed by atoms with van der Waals surface area (Å²) in [6, 6.07) is 9.36. The maximum absolute atomic E-state index is 13.2. The number of hydrogen-bond donors (Lipinski definition) is 0. The molecule has 0 aliphatic carbocycles. The highest BCUT2D eigenvalue weighted by molar-refractivity contribution is 5.88. The van der Waals surface area contributed by atoms with Gasteiger partial charge in [-0.15, -0.1) is 0 Å². The van der Waals surface area contributed by atoms with Gasteiger partial charge >= 0.3 is 0 Å². The number of fused-ring (bicyclic) bond motifs is 1. The number of hydrogen-bond acceptors (Lipinski definition) is 0. The van der Waals surface area contributed by atoms with Crippen LogP contribution in [-0.4, -0.2) is 0 Å². The zero-order chi connectivity index (χ0) is 11.4. The molecular weight excluding hydrogens is 187 g/mol. The molecule has 2 aromatic carbocycles. The van der Waals surface area contributed by atoms with E-state index in [9.17, 15) is 4.39 Å². The Kier molecular flexibility index (Phi) is 3.84. The molecule has 15 heavy (non-hydrogen) atoms. The molecule has 0 aliphatic heterocycles. The third kappa shape index (κ3) is 2.17. The van der Waals surface area contributed by atoms with Crippen LogP contribution in [0.25, 0.3) is 10.8 Å². The zero-order valence-electron chi connectivity index (χ0n) is 9.76. The molecule has 0 spiro atoms. The Balaban J connectivity index is 0.000000531. The fourth-order valence-corrected chi connectivity index (χ4v) is 1.75. The van der Waals surface area contributed by atoms with E-state index in [1.165, 1.54) is 6.07 Å². The molecule has 0 saturated carbocycles. The van der Waals surface area contributed by atoms with E-state index in [-0.39, 0.29) is 5.82 Å².